The second-order valence-corrected chi connectivity index (χ2v) is 14.6. The molecule has 0 N–H and O–H groups in total. The van der Waals surface area contributed by atoms with E-state index in [4.69, 9.17) is 8.85 Å². The van der Waals surface area contributed by atoms with E-state index < -0.39 is 17.4 Å². The maximum Gasteiger partial charge on any atom is 0.205 e. The lowest BCUT2D eigenvalue weighted by Gasteiger charge is -2.38. The molecule has 0 aliphatic heterocycles. The Balaban J connectivity index is 4.82. The molecule has 0 aromatic heterocycles. The highest BCUT2D eigenvalue weighted by Crippen LogP contribution is 2.37. The summed E-state index contributed by atoms with van der Waals surface area (Å²) in [6.07, 6.45) is 0.172. The summed E-state index contributed by atoms with van der Waals surface area (Å²) in [6, 6.07) is 0. The normalized spacial score (nSPS) is 17.1. The van der Waals surface area contributed by atoms with E-state index in [9.17, 15) is 0 Å². The van der Waals surface area contributed by atoms with Crippen molar-refractivity contribution in [3.05, 3.63) is 0 Å². The van der Waals surface area contributed by atoms with Crippen LogP contribution in [0.1, 0.15) is 41.5 Å². The van der Waals surface area contributed by atoms with E-state index in [-0.39, 0.29) is 17.1 Å². The molecule has 0 aromatic carbocycles. The minimum absolute atomic E-state index is 0.172. The van der Waals surface area contributed by atoms with Gasteiger partial charge in [-0.3, -0.25) is 0 Å². The summed E-state index contributed by atoms with van der Waals surface area (Å²) in [7, 11) is -2.42. The molecule has 0 fully saturated rings. The summed E-state index contributed by atoms with van der Waals surface area (Å²) in [5, 5.41) is 0.252. The second-order valence-electron chi connectivity index (χ2n) is 7.72. The molecule has 1 radical (unpaired) electrons. The van der Waals surface area contributed by atoms with Gasteiger partial charge in [0.1, 0.15) is 0 Å². The van der Waals surface area contributed by atoms with E-state index in [1.807, 2.05) is 6.92 Å². The van der Waals surface area contributed by atoms with E-state index in [1.54, 1.807) is 0 Å². The van der Waals surface area contributed by atoms with Gasteiger partial charge in [-0.2, -0.15) is 0 Å². The van der Waals surface area contributed by atoms with Gasteiger partial charge in [0.2, 0.25) is 9.04 Å². The Morgan fingerprint density at radius 1 is 1.14 bits per heavy atom. The minimum Gasteiger partial charge on any atom is -0.416 e. The molecule has 21 heavy (non-hydrogen) atoms. The van der Waals surface area contributed by atoms with Gasteiger partial charge in [0.15, 0.2) is 8.32 Å². The molecule has 0 aliphatic carbocycles. The molecule has 3 atom stereocenters. The van der Waals surface area contributed by atoms with Crippen molar-refractivity contribution in [1.82, 2.24) is 0 Å². The molecule has 0 rings (SSSR count). The molecule has 0 unspecified atom stereocenters. The molecular weight excluding hydrogens is 292 g/mol. The third-order valence-corrected chi connectivity index (χ3v) is 9.55. The first-order valence-corrected chi connectivity index (χ1v) is 13.3. The summed E-state index contributed by atoms with van der Waals surface area (Å²) in [6.45, 7) is 22.9. The van der Waals surface area contributed by atoms with Crippen molar-refractivity contribution in [2.75, 3.05) is 6.61 Å². The van der Waals surface area contributed by atoms with E-state index in [0.717, 1.165) is 6.61 Å². The number of hydrogen-bond donors (Lipinski definition) is 0. The van der Waals surface area contributed by atoms with Crippen LogP contribution in [0.15, 0.2) is 0 Å². The summed E-state index contributed by atoms with van der Waals surface area (Å²) >= 11 is 0. The van der Waals surface area contributed by atoms with Crippen LogP contribution in [0.4, 0.5) is 0 Å². The molecule has 0 saturated carbocycles. The van der Waals surface area contributed by atoms with Crippen LogP contribution in [-0.4, -0.2) is 30.1 Å². The Hall–Kier alpha value is -0.0862. The van der Waals surface area contributed by atoms with Crippen LogP contribution in [0.25, 0.3) is 0 Å². The van der Waals surface area contributed by atoms with Crippen LogP contribution >= 0.6 is 0 Å². The summed E-state index contributed by atoms with van der Waals surface area (Å²) in [4.78, 5) is 0. The maximum atomic E-state index is 6.37. The van der Waals surface area contributed by atoms with Gasteiger partial charge in [-0.15, -0.1) is 5.92 Å². The first kappa shape index (κ1) is 20.9. The zero-order valence-electron chi connectivity index (χ0n) is 15.8. The zero-order valence-corrected chi connectivity index (χ0v) is 17.8. The first-order chi connectivity index (χ1) is 9.42. The van der Waals surface area contributed by atoms with Gasteiger partial charge in [0.25, 0.3) is 0 Å². The van der Waals surface area contributed by atoms with Crippen molar-refractivity contribution in [2.45, 2.75) is 78.9 Å². The van der Waals surface area contributed by atoms with E-state index in [1.165, 1.54) is 0 Å². The summed E-state index contributed by atoms with van der Waals surface area (Å²) in [5.41, 5.74) is 0. The molecule has 0 amide bonds. The Kier molecular flexibility index (Phi) is 8.49. The van der Waals surface area contributed by atoms with Crippen molar-refractivity contribution in [3.63, 3.8) is 0 Å². The van der Waals surface area contributed by atoms with Crippen molar-refractivity contribution in [3.8, 4) is 11.8 Å². The smallest absolute Gasteiger partial charge is 0.205 e. The monoisotopic (exact) mass is 327 g/mol. The van der Waals surface area contributed by atoms with Crippen molar-refractivity contribution in [1.29, 1.82) is 0 Å². The molecule has 0 aliphatic rings. The predicted molar refractivity (Wildman–Crippen MR) is 97.3 cm³/mol. The highest BCUT2D eigenvalue weighted by atomic mass is 28.4. The van der Waals surface area contributed by atoms with Crippen LogP contribution < -0.4 is 0 Å². The Bertz CT molecular complexity index is 361. The molecule has 0 bridgehead atoms. The van der Waals surface area contributed by atoms with Crippen LogP contribution in [0, 0.1) is 23.7 Å². The molecule has 4 heteroatoms. The van der Waals surface area contributed by atoms with Crippen molar-refractivity contribution in [2.24, 2.45) is 11.8 Å². The standard InChI is InChI=1S/C17H35O2Si2/c1-11-12-14(2)16(19-20(7)8)15(3)13-18-21(9,10)17(4,5)6/h14-16H,13H2,1-10H3/t14-,15-,16-/m1/s1. The molecule has 0 heterocycles. The lowest BCUT2D eigenvalue weighted by atomic mass is 9.94. The fourth-order valence-electron chi connectivity index (χ4n) is 1.94. The molecule has 0 saturated heterocycles. The topological polar surface area (TPSA) is 18.5 Å². The average Bonchev–Trinajstić information content (AvgIpc) is 2.31. The quantitative estimate of drug-likeness (QED) is 0.487. The first-order valence-electron chi connectivity index (χ1n) is 7.95. The fourth-order valence-corrected chi connectivity index (χ4v) is 4.04. The van der Waals surface area contributed by atoms with Gasteiger partial charge in [0.05, 0.1) is 6.10 Å². The maximum absolute atomic E-state index is 6.37. The number of rotatable bonds is 7. The highest BCUT2D eigenvalue weighted by molar-refractivity contribution is 6.74. The van der Waals surface area contributed by atoms with E-state index in [2.05, 4.69) is 72.6 Å². The van der Waals surface area contributed by atoms with Gasteiger partial charge >= 0.3 is 0 Å². The van der Waals surface area contributed by atoms with Gasteiger partial charge in [-0.05, 0) is 45.1 Å². The van der Waals surface area contributed by atoms with Crippen LogP contribution in [0.2, 0.25) is 31.2 Å². The molecule has 0 spiro atoms. The molecular formula is C17H35O2Si2. The third kappa shape index (κ3) is 7.14. The van der Waals surface area contributed by atoms with Crippen LogP contribution in [-0.2, 0) is 8.85 Å². The third-order valence-electron chi connectivity index (χ3n) is 4.31. The van der Waals surface area contributed by atoms with Crippen molar-refractivity contribution < 1.29 is 8.85 Å². The SMILES string of the molecule is CC#C[C@@H](C)[C@@H](O[Si](C)C)[C@H](C)CO[Si](C)(C)C(C)(C)C. The largest absolute Gasteiger partial charge is 0.416 e. The lowest BCUT2D eigenvalue weighted by Crippen LogP contribution is -2.44. The van der Waals surface area contributed by atoms with Crippen molar-refractivity contribution >= 4 is 17.4 Å². The molecule has 123 valence electrons. The predicted octanol–water partition coefficient (Wildman–Crippen LogP) is 4.94. The fraction of sp³-hybridized carbons (Fsp3) is 0.882. The minimum atomic E-state index is -1.69. The van der Waals surface area contributed by atoms with E-state index in [0.29, 0.717) is 5.92 Å². The Morgan fingerprint density at radius 3 is 2.05 bits per heavy atom. The highest BCUT2D eigenvalue weighted by Gasteiger charge is 2.38. The van der Waals surface area contributed by atoms with Crippen LogP contribution in [0.5, 0.6) is 0 Å². The lowest BCUT2D eigenvalue weighted by molar-refractivity contribution is 0.0765. The Labute approximate surface area is 135 Å². The molecule has 0 aromatic rings. The zero-order chi connectivity index (χ0) is 16.8. The second kappa shape index (κ2) is 8.52. The number of hydrogen-bond acceptors (Lipinski definition) is 2. The summed E-state index contributed by atoms with van der Waals surface area (Å²) in [5.74, 6) is 6.91. The molecule has 2 nitrogen and oxygen atoms in total. The Morgan fingerprint density at radius 2 is 1.67 bits per heavy atom. The van der Waals surface area contributed by atoms with Gasteiger partial charge in [-0.25, -0.2) is 0 Å². The van der Waals surface area contributed by atoms with Gasteiger partial charge in [-0.1, -0.05) is 33.6 Å². The van der Waals surface area contributed by atoms with Crippen LogP contribution in [0.3, 0.4) is 0 Å². The average molecular weight is 328 g/mol. The summed E-state index contributed by atoms with van der Waals surface area (Å²) < 4.78 is 12.6. The van der Waals surface area contributed by atoms with E-state index >= 15 is 0 Å². The van der Waals surface area contributed by atoms with Gasteiger partial charge < -0.3 is 8.85 Å². The van der Waals surface area contributed by atoms with Gasteiger partial charge in [0, 0.05) is 18.4 Å².